The van der Waals surface area contributed by atoms with Crippen molar-refractivity contribution < 1.29 is 49.7 Å². The van der Waals surface area contributed by atoms with E-state index in [4.69, 9.17) is 9.47 Å². The molecule has 10 nitrogen and oxygen atoms in total. The maximum atomic E-state index is 14.4. The number of allylic oxidation sites excluding steroid dienone is 2. The first-order valence-corrected chi connectivity index (χ1v) is 17.5. The van der Waals surface area contributed by atoms with Crippen LogP contribution >= 0.6 is 0 Å². The lowest BCUT2D eigenvalue weighted by atomic mass is 9.33. The Hall–Kier alpha value is -1.56. The van der Waals surface area contributed by atoms with Gasteiger partial charge in [0.15, 0.2) is 0 Å². The first kappa shape index (κ1) is 34.3. The summed E-state index contributed by atoms with van der Waals surface area (Å²) in [6.45, 7) is 12.6. The average molecular weight is 649 g/mol. The van der Waals surface area contributed by atoms with Crippen molar-refractivity contribution in [3.63, 3.8) is 0 Å². The molecule has 6 N–H and O–H groups in total. The molecule has 6 aliphatic rings. The minimum atomic E-state index is -1.65. The number of hydrogen-bond donors (Lipinski definition) is 6. The van der Waals surface area contributed by atoms with Crippen LogP contribution in [0.4, 0.5) is 0 Å². The summed E-state index contributed by atoms with van der Waals surface area (Å²) in [6, 6.07) is 0. The number of ether oxygens (including phenoxy) is 2. The number of carboxylic acids is 1. The average Bonchev–Trinajstić information content (AvgIpc) is 2.99. The number of aliphatic hydroxyl groups is 5. The van der Waals surface area contributed by atoms with E-state index in [9.17, 15) is 40.2 Å². The zero-order chi connectivity index (χ0) is 33.8. The van der Waals surface area contributed by atoms with E-state index >= 15 is 0 Å². The molecule has 0 spiro atoms. The van der Waals surface area contributed by atoms with Crippen LogP contribution in [-0.2, 0) is 19.1 Å². The molecule has 0 bridgehead atoms. The molecule has 1 aliphatic heterocycles. The lowest BCUT2D eigenvalue weighted by Crippen LogP contribution is -2.66. The Labute approximate surface area is 272 Å². The number of aliphatic carboxylic acids is 1. The zero-order valence-electron chi connectivity index (χ0n) is 28.4. The Kier molecular flexibility index (Phi) is 8.18. The Morgan fingerprint density at radius 1 is 0.870 bits per heavy atom. The van der Waals surface area contributed by atoms with Crippen LogP contribution in [0.15, 0.2) is 11.6 Å². The summed E-state index contributed by atoms with van der Waals surface area (Å²) in [4.78, 5) is 27.1. The van der Waals surface area contributed by atoms with E-state index in [1.54, 1.807) is 6.92 Å². The Morgan fingerprint density at radius 3 is 2.20 bits per heavy atom. The first-order chi connectivity index (χ1) is 21.3. The van der Waals surface area contributed by atoms with Gasteiger partial charge in [-0.3, -0.25) is 9.59 Å². The highest BCUT2D eigenvalue weighted by Crippen LogP contribution is 2.76. The summed E-state index contributed by atoms with van der Waals surface area (Å²) in [6.07, 6.45) is 1.20. The van der Waals surface area contributed by atoms with Gasteiger partial charge in [-0.05, 0) is 111 Å². The van der Waals surface area contributed by atoms with Crippen LogP contribution in [0.1, 0.15) is 106 Å². The number of fused-ring (bicyclic) bond motifs is 7. The summed E-state index contributed by atoms with van der Waals surface area (Å²) in [5, 5.41) is 62.4. The lowest BCUT2D eigenvalue weighted by molar-refractivity contribution is -0.297. The molecular formula is C36H56O10. The smallest absolute Gasteiger partial charge is 0.315 e. The number of esters is 1. The van der Waals surface area contributed by atoms with Gasteiger partial charge in [0, 0.05) is 0 Å². The molecule has 0 amide bonds. The second-order valence-electron chi connectivity index (χ2n) is 17.6. The highest BCUT2D eigenvalue weighted by atomic mass is 16.7. The van der Waals surface area contributed by atoms with Gasteiger partial charge in [-0.25, -0.2) is 0 Å². The first-order valence-electron chi connectivity index (χ1n) is 17.5. The lowest BCUT2D eigenvalue weighted by Gasteiger charge is -2.71. The number of carbonyl (C=O) groups excluding carboxylic acids is 1. The van der Waals surface area contributed by atoms with E-state index in [1.165, 1.54) is 5.57 Å². The van der Waals surface area contributed by atoms with Gasteiger partial charge in [-0.1, -0.05) is 46.3 Å². The molecule has 14 atom stereocenters. The van der Waals surface area contributed by atoms with Gasteiger partial charge in [-0.15, -0.1) is 0 Å². The quantitative estimate of drug-likeness (QED) is 0.195. The van der Waals surface area contributed by atoms with Crippen molar-refractivity contribution in [3.05, 3.63) is 11.6 Å². The van der Waals surface area contributed by atoms with Crippen molar-refractivity contribution in [1.82, 2.24) is 0 Å². The summed E-state index contributed by atoms with van der Waals surface area (Å²) in [5.74, 6) is -1.40. The van der Waals surface area contributed by atoms with Gasteiger partial charge in [-0.2, -0.15) is 0 Å². The van der Waals surface area contributed by atoms with Crippen LogP contribution in [0.3, 0.4) is 0 Å². The third kappa shape index (κ3) is 4.49. The maximum Gasteiger partial charge on any atom is 0.315 e. The van der Waals surface area contributed by atoms with Gasteiger partial charge in [0.2, 0.25) is 6.29 Å². The SMILES string of the molecule is CC1(C)CC[C@]2(C(=O)O[C@@H]3O[C@H](CO)[C@@H](O)[C@H](O)[C@H]3O)CC[C@]3(C)C(=CC[C@@H]4[C@@]5(C)CC[C@H](O)[C@@](C)(C(=O)O)[C@H]5CC[C@]43C)[C@@H]2C1. The molecule has 6 rings (SSSR count). The fourth-order valence-electron chi connectivity index (χ4n) is 12.0. The number of hydrogen-bond acceptors (Lipinski definition) is 9. The van der Waals surface area contributed by atoms with Crippen LogP contribution in [0.25, 0.3) is 0 Å². The van der Waals surface area contributed by atoms with E-state index in [0.29, 0.717) is 19.3 Å². The third-order valence-electron chi connectivity index (χ3n) is 15.2. The molecule has 10 heteroatoms. The fraction of sp³-hybridized carbons (Fsp3) is 0.889. The zero-order valence-corrected chi connectivity index (χ0v) is 28.4. The topological polar surface area (TPSA) is 174 Å². The second kappa shape index (κ2) is 11.0. The molecule has 5 aliphatic carbocycles. The standard InChI is InChI=1S/C36H56O10/c1-31(2)13-15-36(30(44)46-28-27(41)26(40)25(39)21(18-37)45-28)16-14-33(4)19(20(36)17-31)7-8-22-32(3)11-10-24(38)35(6,29(42)43)23(32)9-12-34(22,33)5/h7,20-28,37-41H,8-18H2,1-6H3,(H,42,43)/t20-,21+,22+,23-,24-,25+,26-,27+,28-,32+,33+,34+,35-,36-/m0/s1. The Morgan fingerprint density at radius 2 is 1.54 bits per heavy atom. The molecule has 4 saturated carbocycles. The van der Waals surface area contributed by atoms with Crippen LogP contribution in [0.2, 0.25) is 0 Å². The third-order valence-corrected chi connectivity index (χ3v) is 15.2. The van der Waals surface area contributed by atoms with Crippen LogP contribution in [-0.4, -0.2) is 86.0 Å². The van der Waals surface area contributed by atoms with Gasteiger partial charge < -0.3 is 40.1 Å². The van der Waals surface area contributed by atoms with Gasteiger partial charge in [0.25, 0.3) is 0 Å². The van der Waals surface area contributed by atoms with Crippen molar-refractivity contribution in [2.75, 3.05) is 6.61 Å². The minimum absolute atomic E-state index is 0.0130. The van der Waals surface area contributed by atoms with Gasteiger partial charge in [0.1, 0.15) is 24.4 Å². The molecule has 260 valence electrons. The van der Waals surface area contributed by atoms with Crippen LogP contribution in [0.5, 0.6) is 0 Å². The van der Waals surface area contributed by atoms with E-state index < -0.39 is 66.2 Å². The number of carboxylic acid groups (broad SMARTS) is 1. The van der Waals surface area contributed by atoms with E-state index in [1.807, 2.05) is 0 Å². The largest absolute Gasteiger partial charge is 0.481 e. The van der Waals surface area contributed by atoms with Crippen LogP contribution in [0, 0.1) is 50.2 Å². The molecule has 1 heterocycles. The summed E-state index contributed by atoms with van der Waals surface area (Å²) in [7, 11) is 0. The highest BCUT2D eigenvalue weighted by molar-refractivity contribution is 5.79. The molecular weight excluding hydrogens is 592 g/mol. The molecule has 1 saturated heterocycles. The predicted molar refractivity (Wildman–Crippen MR) is 167 cm³/mol. The molecule has 0 radical (unpaired) electrons. The van der Waals surface area contributed by atoms with Gasteiger partial charge in [0.05, 0.1) is 23.5 Å². The number of rotatable bonds is 4. The van der Waals surface area contributed by atoms with Crippen molar-refractivity contribution in [3.8, 4) is 0 Å². The van der Waals surface area contributed by atoms with E-state index in [-0.39, 0.29) is 39.4 Å². The molecule has 0 aromatic heterocycles. The fourth-order valence-corrected chi connectivity index (χ4v) is 12.0. The molecule has 0 aromatic rings. The normalized spacial score (nSPS) is 53.0. The van der Waals surface area contributed by atoms with Crippen molar-refractivity contribution >= 4 is 11.9 Å². The highest BCUT2D eigenvalue weighted by Gasteiger charge is 2.71. The summed E-state index contributed by atoms with van der Waals surface area (Å²) < 4.78 is 11.5. The molecule has 5 fully saturated rings. The molecule has 0 unspecified atom stereocenters. The van der Waals surface area contributed by atoms with E-state index in [0.717, 1.165) is 44.9 Å². The Bertz CT molecular complexity index is 1280. The Balaban J connectivity index is 1.36. The summed E-state index contributed by atoms with van der Waals surface area (Å²) in [5.41, 5.74) is -1.39. The summed E-state index contributed by atoms with van der Waals surface area (Å²) >= 11 is 0. The minimum Gasteiger partial charge on any atom is -0.481 e. The number of carbonyl (C=O) groups is 2. The predicted octanol–water partition coefficient (Wildman–Crippen LogP) is 3.56. The maximum absolute atomic E-state index is 14.4. The van der Waals surface area contributed by atoms with Crippen molar-refractivity contribution in [1.29, 1.82) is 0 Å². The van der Waals surface area contributed by atoms with Crippen molar-refractivity contribution in [2.24, 2.45) is 50.2 Å². The van der Waals surface area contributed by atoms with Crippen LogP contribution < -0.4 is 0 Å². The molecule has 0 aromatic carbocycles. The second-order valence-corrected chi connectivity index (χ2v) is 17.6. The van der Waals surface area contributed by atoms with E-state index in [2.05, 4.69) is 40.7 Å². The molecule has 46 heavy (non-hydrogen) atoms. The number of aliphatic hydroxyl groups excluding tert-OH is 5. The van der Waals surface area contributed by atoms with Gasteiger partial charge >= 0.3 is 11.9 Å². The monoisotopic (exact) mass is 648 g/mol. The van der Waals surface area contributed by atoms with Crippen molar-refractivity contribution in [2.45, 2.75) is 143 Å².